The summed E-state index contributed by atoms with van der Waals surface area (Å²) in [6.45, 7) is 1.09. The number of amides is 1. The zero-order valence-corrected chi connectivity index (χ0v) is 11.4. The van der Waals surface area contributed by atoms with Crippen LogP contribution in [0.25, 0.3) is 0 Å². The van der Waals surface area contributed by atoms with E-state index in [0.717, 1.165) is 25.8 Å². The summed E-state index contributed by atoms with van der Waals surface area (Å²) in [5, 5.41) is 14.8. The molecule has 4 nitrogen and oxygen atoms in total. The van der Waals surface area contributed by atoms with Gasteiger partial charge in [-0.2, -0.15) is 0 Å². The number of para-hydroxylation sites is 1. The summed E-state index contributed by atoms with van der Waals surface area (Å²) in [5.74, 6) is 0.0871. The van der Waals surface area contributed by atoms with E-state index in [1.807, 2.05) is 0 Å². The molecule has 0 saturated heterocycles. The SMILES string of the molecule is O=C(CNCC1CCCC1CO)Nc1ccccc1F. The predicted octanol–water partition coefficient (Wildman–Crippen LogP) is 1.76. The Balaban J connectivity index is 1.72. The van der Waals surface area contributed by atoms with E-state index in [9.17, 15) is 14.3 Å². The van der Waals surface area contributed by atoms with Gasteiger partial charge in [0, 0.05) is 6.61 Å². The van der Waals surface area contributed by atoms with Crippen molar-refractivity contribution < 1.29 is 14.3 Å². The monoisotopic (exact) mass is 280 g/mol. The number of hydrogen-bond donors (Lipinski definition) is 3. The number of hydrogen-bond acceptors (Lipinski definition) is 3. The maximum Gasteiger partial charge on any atom is 0.238 e. The molecule has 1 aromatic carbocycles. The number of anilines is 1. The van der Waals surface area contributed by atoms with E-state index in [4.69, 9.17) is 0 Å². The first kappa shape index (κ1) is 14.9. The summed E-state index contributed by atoms with van der Waals surface area (Å²) in [5.41, 5.74) is 0.202. The molecule has 2 rings (SSSR count). The summed E-state index contributed by atoms with van der Waals surface area (Å²) in [6.07, 6.45) is 3.29. The molecule has 1 saturated carbocycles. The molecule has 0 aromatic heterocycles. The molecular formula is C15H21FN2O2. The molecule has 5 heteroatoms. The average Bonchev–Trinajstić information content (AvgIpc) is 2.89. The van der Waals surface area contributed by atoms with Gasteiger partial charge in [0.1, 0.15) is 5.82 Å². The number of carbonyl (C=O) groups is 1. The van der Waals surface area contributed by atoms with E-state index in [1.165, 1.54) is 12.1 Å². The molecule has 3 N–H and O–H groups in total. The summed E-state index contributed by atoms with van der Waals surface area (Å²) < 4.78 is 13.4. The van der Waals surface area contributed by atoms with Crippen LogP contribution < -0.4 is 10.6 Å². The van der Waals surface area contributed by atoms with Crippen LogP contribution in [0.3, 0.4) is 0 Å². The molecule has 1 aromatic rings. The topological polar surface area (TPSA) is 61.4 Å². The first-order valence-electron chi connectivity index (χ1n) is 7.06. The third kappa shape index (κ3) is 4.02. The Hall–Kier alpha value is -1.46. The highest BCUT2D eigenvalue weighted by Crippen LogP contribution is 2.30. The van der Waals surface area contributed by atoms with Crippen LogP contribution in [0.15, 0.2) is 24.3 Å². The quantitative estimate of drug-likeness (QED) is 0.744. The first-order chi connectivity index (χ1) is 9.70. The lowest BCUT2D eigenvalue weighted by Crippen LogP contribution is -2.33. The molecule has 0 spiro atoms. The van der Waals surface area contributed by atoms with Crippen LogP contribution in [-0.2, 0) is 4.79 Å². The zero-order chi connectivity index (χ0) is 14.4. The van der Waals surface area contributed by atoms with E-state index in [-0.39, 0.29) is 24.7 Å². The van der Waals surface area contributed by atoms with Gasteiger partial charge in [0.25, 0.3) is 0 Å². The van der Waals surface area contributed by atoms with Gasteiger partial charge in [0.2, 0.25) is 5.91 Å². The minimum absolute atomic E-state index is 0.156. The highest BCUT2D eigenvalue weighted by atomic mass is 19.1. The van der Waals surface area contributed by atoms with Crippen molar-refractivity contribution in [3.63, 3.8) is 0 Å². The Labute approximate surface area is 118 Å². The van der Waals surface area contributed by atoms with Crippen LogP contribution in [0, 0.1) is 17.7 Å². The van der Waals surface area contributed by atoms with Crippen molar-refractivity contribution in [2.45, 2.75) is 19.3 Å². The Morgan fingerprint density at radius 1 is 1.30 bits per heavy atom. The number of nitrogens with one attached hydrogen (secondary N) is 2. The number of benzene rings is 1. The van der Waals surface area contributed by atoms with Gasteiger partial charge < -0.3 is 15.7 Å². The molecule has 20 heavy (non-hydrogen) atoms. The van der Waals surface area contributed by atoms with Gasteiger partial charge in [-0.1, -0.05) is 18.6 Å². The van der Waals surface area contributed by atoms with Crippen LogP contribution in [0.1, 0.15) is 19.3 Å². The van der Waals surface area contributed by atoms with Gasteiger partial charge in [-0.25, -0.2) is 4.39 Å². The summed E-state index contributed by atoms with van der Waals surface area (Å²) in [6, 6.07) is 6.11. The fourth-order valence-corrected chi connectivity index (χ4v) is 2.75. The van der Waals surface area contributed by atoms with E-state index >= 15 is 0 Å². The molecule has 1 fully saturated rings. The largest absolute Gasteiger partial charge is 0.396 e. The van der Waals surface area contributed by atoms with Crippen LogP contribution in [0.4, 0.5) is 10.1 Å². The highest BCUT2D eigenvalue weighted by Gasteiger charge is 2.26. The zero-order valence-electron chi connectivity index (χ0n) is 11.4. The van der Waals surface area contributed by atoms with Gasteiger partial charge in [0.05, 0.1) is 12.2 Å². The second-order valence-corrected chi connectivity index (χ2v) is 5.29. The van der Waals surface area contributed by atoms with Crippen molar-refractivity contribution in [3.05, 3.63) is 30.1 Å². The van der Waals surface area contributed by atoms with E-state index in [0.29, 0.717) is 11.8 Å². The number of rotatable bonds is 6. The van der Waals surface area contributed by atoms with Crippen LogP contribution in [0.2, 0.25) is 0 Å². The average molecular weight is 280 g/mol. The second-order valence-electron chi connectivity index (χ2n) is 5.29. The minimum atomic E-state index is -0.433. The van der Waals surface area contributed by atoms with Crippen molar-refractivity contribution >= 4 is 11.6 Å². The lowest BCUT2D eigenvalue weighted by molar-refractivity contribution is -0.115. The third-order valence-corrected chi connectivity index (χ3v) is 3.89. The lowest BCUT2D eigenvalue weighted by Gasteiger charge is -2.17. The number of halogens is 1. The van der Waals surface area contributed by atoms with Gasteiger partial charge >= 0.3 is 0 Å². The number of aliphatic hydroxyl groups excluding tert-OH is 1. The Morgan fingerprint density at radius 3 is 2.80 bits per heavy atom. The van der Waals surface area contributed by atoms with Crippen molar-refractivity contribution in [3.8, 4) is 0 Å². The predicted molar refractivity (Wildman–Crippen MR) is 75.8 cm³/mol. The molecule has 0 aliphatic heterocycles. The molecular weight excluding hydrogens is 259 g/mol. The maximum atomic E-state index is 13.4. The number of aliphatic hydroxyl groups is 1. The minimum Gasteiger partial charge on any atom is -0.396 e. The van der Waals surface area contributed by atoms with Gasteiger partial charge in [-0.05, 0) is 43.4 Å². The van der Waals surface area contributed by atoms with Crippen molar-refractivity contribution in [2.24, 2.45) is 11.8 Å². The standard InChI is InChI=1S/C15H21FN2O2/c16-13-6-1-2-7-14(13)18-15(20)9-17-8-11-4-3-5-12(11)10-19/h1-2,6-7,11-12,17,19H,3-5,8-10H2,(H,18,20). The van der Waals surface area contributed by atoms with Gasteiger partial charge in [0.15, 0.2) is 0 Å². The fraction of sp³-hybridized carbons (Fsp3) is 0.533. The Kier molecular flexibility index (Phi) is 5.49. The maximum absolute atomic E-state index is 13.4. The molecule has 1 amide bonds. The van der Waals surface area contributed by atoms with Crippen LogP contribution in [-0.4, -0.2) is 30.7 Å². The van der Waals surface area contributed by atoms with Gasteiger partial charge in [-0.3, -0.25) is 4.79 Å². The van der Waals surface area contributed by atoms with Crippen LogP contribution in [0.5, 0.6) is 0 Å². The molecule has 0 heterocycles. The normalized spacial score (nSPS) is 21.9. The number of carbonyl (C=O) groups excluding carboxylic acids is 1. The molecule has 1 aliphatic carbocycles. The van der Waals surface area contributed by atoms with Crippen LogP contribution >= 0.6 is 0 Å². The third-order valence-electron chi connectivity index (χ3n) is 3.89. The van der Waals surface area contributed by atoms with Gasteiger partial charge in [-0.15, -0.1) is 0 Å². The first-order valence-corrected chi connectivity index (χ1v) is 7.06. The Morgan fingerprint density at radius 2 is 2.05 bits per heavy atom. The molecule has 2 atom stereocenters. The Bertz CT molecular complexity index is 453. The van der Waals surface area contributed by atoms with Crippen molar-refractivity contribution in [1.82, 2.24) is 5.32 Å². The lowest BCUT2D eigenvalue weighted by atomic mass is 9.97. The van der Waals surface area contributed by atoms with Crippen molar-refractivity contribution in [2.75, 3.05) is 25.0 Å². The molecule has 0 bridgehead atoms. The molecule has 1 aliphatic rings. The van der Waals surface area contributed by atoms with E-state index < -0.39 is 5.82 Å². The summed E-state index contributed by atoms with van der Waals surface area (Å²) in [7, 11) is 0. The second kappa shape index (κ2) is 7.36. The fourth-order valence-electron chi connectivity index (χ4n) is 2.75. The van der Waals surface area contributed by atoms with E-state index in [1.54, 1.807) is 12.1 Å². The summed E-state index contributed by atoms with van der Waals surface area (Å²) >= 11 is 0. The molecule has 110 valence electrons. The molecule has 0 radical (unpaired) electrons. The smallest absolute Gasteiger partial charge is 0.238 e. The van der Waals surface area contributed by atoms with Crippen molar-refractivity contribution in [1.29, 1.82) is 0 Å². The van der Waals surface area contributed by atoms with E-state index in [2.05, 4.69) is 10.6 Å². The highest BCUT2D eigenvalue weighted by molar-refractivity contribution is 5.92. The summed E-state index contributed by atoms with van der Waals surface area (Å²) in [4.78, 5) is 11.7. The molecule has 2 unspecified atom stereocenters.